The molecule has 1 unspecified atom stereocenters. The molecule has 2 aliphatic rings. The summed E-state index contributed by atoms with van der Waals surface area (Å²) in [7, 11) is 0. The first-order valence-corrected chi connectivity index (χ1v) is 8.61. The van der Waals surface area contributed by atoms with E-state index >= 15 is 0 Å². The first kappa shape index (κ1) is 15.8. The number of ketones is 1. The zero-order valence-electron chi connectivity index (χ0n) is 14.5. The minimum atomic E-state index is -0.227. The molecule has 2 aromatic rings. The van der Waals surface area contributed by atoms with E-state index in [1.165, 1.54) is 0 Å². The molecule has 0 aromatic heterocycles. The number of carbonyl (C=O) groups is 1. The minimum absolute atomic E-state index is 0.0539. The predicted octanol–water partition coefficient (Wildman–Crippen LogP) is 4.61. The summed E-state index contributed by atoms with van der Waals surface area (Å²) in [6.45, 7) is 4.27. The first-order chi connectivity index (χ1) is 11.9. The number of nitrogens with one attached hydrogen (secondary N) is 2. The molecule has 25 heavy (non-hydrogen) atoms. The number of hydrogen-bond donors (Lipinski definition) is 3. The van der Waals surface area contributed by atoms with Crippen molar-refractivity contribution in [1.82, 2.24) is 0 Å². The van der Waals surface area contributed by atoms with E-state index < -0.39 is 0 Å². The molecule has 0 radical (unpaired) electrons. The molecule has 4 heteroatoms. The summed E-state index contributed by atoms with van der Waals surface area (Å²) in [5, 5.41) is 16.6. The summed E-state index contributed by atoms with van der Waals surface area (Å²) in [6, 6.07) is 14.9. The molecule has 1 aliphatic carbocycles. The summed E-state index contributed by atoms with van der Waals surface area (Å²) in [5.41, 5.74) is 4.68. The Morgan fingerprint density at radius 2 is 1.68 bits per heavy atom. The van der Waals surface area contributed by atoms with Crippen molar-refractivity contribution >= 4 is 17.2 Å². The van der Waals surface area contributed by atoms with E-state index in [1.54, 1.807) is 12.1 Å². The number of para-hydroxylation sites is 2. The normalized spacial score (nSPS) is 21.5. The molecular formula is C21H22N2O2. The third-order valence-corrected chi connectivity index (χ3v) is 4.95. The van der Waals surface area contributed by atoms with Gasteiger partial charge in [0, 0.05) is 17.7 Å². The van der Waals surface area contributed by atoms with Gasteiger partial charge in [0.25, 0.3) is 0 Å². The van der Waals surface area contributed by atoms with Gasteiger partial charge in [-0.2, -0.15) is 0 Å². The maximum Gasteiger partial charge on any atom is 0.163 e. The van der Waals surface area contributed by atoms with Gasteiger partial charge in [0.2, 0.25) is 0 Å². The molecule has 0 bridgehead atoms. The Morgan fingerprint density at radius 1 is 1.00 bits per heavy atom. The number of allylic oxidation sites excluding steroid dienone is 1. The van der Waals surface area contributed by atoms with E-state index in [1.807, 2.05) is 36.4 Å². The quantitative estimate of drug-likeness (QED) is 0.712. The zero-order valence-corrected chi connectivity index (χ0v) is 14.5. The second kappa shape index (κ2) is 5.66. The van der Waals surface area contributed by atoms with E-state index in [2.05, 4.69) is 24.5 Å². The Balaban J connectivity index is 1.88. The van der Waals surface area contributed by atoms with Gasteiger partial charge in [0.05, 0.1) is 17.4 Å². The summed E-state index contributed by atoms with van der Waals surface area (Å²) in [4.78, 5) is 13.0. The molecule has 128 valence electrons. The summed E-state index contributed by atoms with van der Waals surface area (Å²) in [5.74, 6) is 0.401. The first-order valence-electron chi connectivity index (χ1n) is 8.61. The monoisotopic (exact) mass is 334 g/mol. The van der Waals surface area contributed by atoms with Crippen LogP contribution in [0.1, 0.15) is 38.3 Å². The summed E-state index contributed by atoms with van der Waals surface area (Å²) < 4.78 is 0. The molecule has 0 amide bonds. The van der Waals surface area contributed by atoms with E-state index in [-0.39, 0.29) is 23.0 Å². The van der Waals surface area contributed by atoms with Crippen molar-refractivity contribution in [2.24, 2.45) is 5.41 Å². The lowest BCUT2D eigenvalue weighted by Gasteiger charge is -2.34. The summed E-state index contributed by atoms with van der Waals surface area (Å²) >= 11 is 0. The Bertz CT molecular complexity index is 866. The van der Waals surface area contributed by atoms with Crippen molar-refractivity contribution in [2.45, 2.75) is 32.7 Å². The molecule has 0 spiro atoms. The molecule has 4 rings (SSSR count). The second-order valence-corrected chi connectivity index (χ2v) is 7.67. The third kappa shape index (κ3) is 2.88. The third-order valence-electron chi connectivity index (χ3n) is 4.95. The lowest BCUT2D eigenvalue weighted by molar-refractivity contribution is -0.118. The largest absolute Gasteiger partial charge is 0.508 e. The van der Waals surface area contributed by atoms with Gasteiger partial charge in [0.15, 0.2) is 5.78 Å². The minimum Gasteiger partial charge on any atom is -0.508 e. The molecule has 4 nitrogen and oxygen atoms in total. The lowest BCUT2D eigenvalue weighted by Crippen LogP contribution is -2.31. The van der Waals surface area contributed by atoms with Crippen LogP contribution in [0.5, 0.6) is 5.75 Å². The van der Waals surface area contributed by atoms with Crippen LogP contribution in [0.25, 0.3) is 0 Å². The highest BCUT2D eigenvalue weighted by atomic mass is 16.3. The number of phenols is 1. The number of rotatable bonds is 1. The Labute approximate surface area is 147 Å². The van der Waals surface area contributed by atoms with Crippen LogP contribution < -0.4 is 10.6 Å². The SMILES string of the molecule is CC1(C)CC(=O)C2=C(C1)Nc1ccccc1NC2c1ccc(O)cc1. The van der Waals surface area contributed by atoms with Crippen molar-refractivity contribution in [2.75, 3.05) is 10.6 Å². The maximum absolute atomic E-state index is 13.0. The van der Waals surface area contributed by atoms with Crippen LogP contribution in [-0.2, 0) is 4.79 Å². The number of aromatic hydroxyl groups is 1. The lowest BCUT2D eigenvalue weighted by atomic mass is 9.73. The number of carbonyl (C=O) groups excluding carboxylic acids is 1. The fourth-order valence-electron chi connectivity index (χ4n) is 3.81. The highest BCUT2D eigenvalue weighted by molar-refractivity contribution is 6.01. The molecular weight excluding hydrogens is 312 g/mol. The fraction of sp³-hybridized carbons (Fsp3) is 0.286. The van der Waals surface area contributed by atoms with Crippen LogP contribution in [0.4, 0.5) is 11.4 Å². The molecule has 1 atom stereocenters. The molecule has 1 aliphatic heterocycles. The van der Waals surface area contributed by atoms with Gasteiger partial charge in [-0.3, -0.25) is 4.79 Å². The van der Waals surface area contributed by atoms with E-state index in [4.69, 9.17) is 0 Å². The number of phenolic OH excluding ortho intramolecular Hbond substituents is 1. The van der Waals surface area contributed by atoms with E-state index in [0.29, 0.717) is 6.42 Å². The number of benzene rings is 2. The molecule has 1 heterocycles. The van der Waals surface area contributed by atoms with Gasteiger partial charge in [0.1, 0.15) is 5.75 Å². The predicted molar refractivity (Wildman–Crippen MR) is 99.6 cm³/mol. The maximum atomic E-state index is 13.0. The van der Waals surface area contributed by atoms with Crippen molar-refractivity contribution in [3.63, 3.8) is 0 Å². The standard InChI is InChI=1S/C21H22N2O2/c1-21(2)11-17-19(18(25)12-21)20(13-7-9-14(24)10-8-13)23-16-6-4-3-5-15(16)22-17/h3-10,20,22-24H,11-12H2,1-2H3. The smallest absolute Gasteiger partial charge is 0.163 e. The Hall–Kier alpha value is -2.75. The van der Waals surface area contributed by atoms with Gasteiger partial charge in [-0.05, 0) is 41.7 Å². The van der Waals surface area contributed by atoms with Crippen LogP contribution in [0.15, 0.2) is 59.8 Å². The fourth-order valence-corrected chi connectivity index (χ4v) is 3.81. The van der Waals surface area contributed by atoms with Crippen molar-refractivity contribution < 1.29 is 9.90 Å². The van der Waals surface area contributed by atoms with Crippen LogP contribution in [-0.4, -0.2) is 10.9 Å². The van der Waals surface area contributed by atoms with Crippen LogP contribution in [0.3, 0.4) is 0 Å². The molecule has 2 aromatic carbocycles. The highest BCUT2D eigenvalue weighted by Crippen LogP contribution is 2.45. The van der Waals surface area contributed by atoms with Gasteiger partial charge >= 0.3 is 0 Å². The number of hydrogen-bond acceptors (Lipinski definition) is 4. The topological polar surface area (TPSA) is 61.4 Å². The van der Waals surface area contributed by atoms with E-state index in [9.17, 15) is 9.90 Å². The molecule has 3 N–H and O–H groups in total. The van der Waals surface area contributed by atoms with Gasteiger partial charge < -0.3 is 15.7 Å². The van der Waals surface area contributed by atoms with Gasteiger partial charge in [-0.15, -0.1) is 0 Å². The van der Waals surface area contributed by atoms with Crippen LogP contribution in [0, 0.1) is 5.41 Å². The molecule has 0 fully saturated rings. The number of fused-ring (bicyclic) bond motifs is 1. The Morgan fingerprint density at radius 3 is 2.40 bits per heavy atom. The van der Waals surface area contributed by atoms with Crippen LogP contribution in [0.2, 0.25) is 0 Å². The number of Topliss-reactive ketones (excluding diaryl/α,β-unsaturated/α-hetero) is 1. The zero-order chi connectivity index (χ0) is 17.6. The average Bonchev–Trinajstić information content (AvgIpc) is 2.70. The molecule has 0 saturated carbocycles. The highest BCUT2D eigenvalue weighted by Gasteiger charge is 2.38. The van der Waals surface area contributed by atoms with Crippen LogP contribution >= 0.6 is 0 Å². The van der Waals surface area contributed by atoms with Crippen molar-refractivity contribution in [3.8, 4) is 5.75 Å². The van der Waals surface area contributed by atoms with Crippen molar-refractivity contribution in [3.05, 3.63) is 65.4 Å². The summed E-state index contributed by atoms with van der Waals surface area (Å²) in [6.07, 6.45) is 1.37. The Kier molecular flexibility index (Phi) is 3.57. The number of anilines is 2. The van der Waals surface area contributed by atoms with Gasteiger partial charge in [-0.25, -0.2) is 0 Å². The van der Waals surface area contributed by atoms with E-state index in [0.717, 1.165) is 34.6 Å². The second-order valence-electron chi connectivity index (χ2n) is 7.67. The van der Waals surface area contributed by atoms with Crippen molar-refractivity contribution in [1.29, 1.82) is 0 Å². The van der Waals surface area contributed by atoms with Gasteiger partial charge in [-0.1, -0.05) is 38.1 Å². The molecule has 0 saturated heterocycles. The average molecular weight is 334 g/mol.